The second kappa shape index (κ2) is 6.24. The summed E-state index contributed by atoms with van der Waals surface area (Å²) in [6.07, 6.45) is 1.13. The van der Waals surface area contributed by atoms with Gasteiger partial charge in [0.05, 0.1) is 5.60 Å². The molecular weight excluding hydrogens is 201 g/mol. The number of hydrogen-bond donors (Lipinski definition) is 1. The molecule has 2 nitrogen and oxygen atoms in total. The van der Waals surface area contributed by atoms with Crippen molar-refractivity contribution in [1.82, 2.24) is 0 Å². The number of hydrogen-bond acceptors (Lipinski definition) is 1. The van der Waals surface area contributed by atoms with Gasteiger partial charge in [0.15, 0.2) is 6.23 Å². The normalized spacial score (nSPS) is 14.4. The van der Waals surface area contributed by atoms with Crippen molar-refractivity contribution < 1.29 is 27.7 Å². The molecule has 0 amide bonds. The van der Waals surface area contributed by atoms with Gasteiger partial charge in [-0.2, -0.15) is 0 Å². The monoisotopic (exact) mass is 219 g/mol. The first-order chi connectivity index (χ1) is 5.98. The minimum atomic E-state index is -6.00. The van der Waals surface area contributed by atoms with E-state index in [9.17, 15) is 17.3 Å². The van der Waals surface area contributed by atoms with Gasteiger partial charge in [-0.3, -0.25) is 0 Å². The molecule has 0 saturated heterocycles. The Morgan fingerprint density at radius 1 is 1.29 bits per heavy atom. The van der Waals surface area contributed by atoms with Gasteiger partial charge in [-0.1, -0.05) is 6.92 Å². The van der Waals surface area contributed by atoms with Gasteiger partial charge in [0.1, 0.15) is 0 Å². The van der Waals surface area contributed by atoms with E-state index in [1.165, 1.54) is 0 Å². The third-order valence-corrected chi connectivity index (χ3v) is 1.37. The summed E-state index contributed by atoms with van der Waals surface area (Å²) in [5.41, 5.74) is 3.75. The van der Waals surface area contributed by atoms with Crippen LogP contribution in [0.4, 0.5) is 17.3 Å². The highest BCUT2D eigenvalue weighted by Crippen LogP contribution is 2.13. The Hall–Kier alpha value is -0.295. The number of rotatable bonds is 3. The standard InChI is InChI=1S/C7H17NO.BF4/c1-5-7(3,4)9-6(2)8;2-1(3,4)5/h6H,5,8H2,1-4H3;/q;-1/p+1. The van der Waals surface area contributed by atoms with Gasteiger partial charge < -0.3 is 27.7 Å². The van der Waals surface area contributed by atoms with Crippen molar-refractivity contribution in [1.29, 1.82) is 0 Å². The van der Waals surface area contributed by atoms with Crippen molar-refractivity contribution in [2.75, 3.05) is 0 Å². The largest absolute Gasteiger partial charge is 0.673 e. The van der Waals surface area contributed by atoms with Crippen LogP contribution in [0, 0.1) is 0 Å². The molecule has 0 fully saturated rings. The van der Waals surface area contributed by atoms with Gasteiger partial charge >= 0.3 is 7.25 Å². The summed E-state index contributed by atoms with van der Waals surface area (Å²) < 4.78 is 44.5. The van der Waals surface area contributed by atoms with Gasteiger partial charge in [0, 0.05) is 6.92 Å². The van der Waals surface area contributed by atoms with Gasteiger partial charge in [-0.25, -0.2) is 0 Å². The van der Waals surface area contributed by atoms with E-state index >= 15 is 0 Å². The molecule has 0 aromatic heterocycles. The zero-order chi connectivity index (χ0) is 12.0. The van der Waals surface area contributed by atoms with Crippen LogP contribution in [0.15, 0.2) is 0 Å². The first-order valence-electron chi connectivity index (χ1n) is 4.36. The molecule has 1 atom stereocenters. The van der Waals surface area contributed by atoms with Crippen molar-refractivity contribution in [3.8, 4) is 0 Å². The molecule has 0 aliphatic rings. The SMILES string of the molecule is CCC(C)(C)OC(C)[NH3+].F[B-](F)(F)F. The lowest BCUT2D eigenvalue weighted by Crippen LogP contribution is -2.62. The van der Waals surface area contributed by atoms with Crippen molar-refractivity contribution in [2.45, 2.75) is 45.9 Å². The Morgan fingerprint density at radius 2 is 1.57 bits per heavy atom. The first-order valence-corrected chi connectivity index (χ1v) is 4.36. The molecule has 0 bridgehead atoms. The van der Waals surface area contributed by atoms with Crippen LogP contribution in [0.3, 0.4) is 0 Å². The third-order valence-electron chi connectivity index (χ3n) is 1.37. The highest BCUT2D eigenvalue weighted by atomic mass is 19.5. The van der Waals surface area contributed by atoms with Crippen LogP contribution >= 0.6 is 0 Å². The highest BCUT2D eigenvalue weighted by molar-refractivity contribution is 6.50. The fraction of sp³-hybridized carbons (Fsp3) is 1.00. The molecular formula is C7H18BF4NO. The van der Waals surface area contributed by atoms with Crippen LogP contribution in [-0.4, -0.2) is 19.1 Å². The van der Waals surface area contributed by atoms with E-state index in [2.05, 4.69) is 26.5 Å². The Bertz CT molecular complexity index is 143. The molecule has 0 aromatic rings. The van der Waals surface area contributed by atoms with Crippen molar-refractivity contribution in [3.63, 3.8) is 0 Å². The fourth-order valence-corrected chi connectivity index (χ4v) is 0.628. The Balaban J connectivity index is 0. The van der Waals surface area contributed by atoms with Crippen LogP contribution in [0.1, 0.15) is 34.1 Å². The molecule has 0 aliphatic heterocycles. The average Bonchev–Trinajstić information content (AvgIpc) is 1.80. The minimum absolute atomic E-state index is 0.00116. The molecule has 7 heteroatoms. The molecule has 0 saturated carbocycles. The Labute approximate surface area is 81.9 Å². The maximum absolute atomic E-state index is 9.75. The maximum atomic E-state index is 9.75. The third kappa shape index (κ3) is 22.6. The number of halogens is 4. The van der Waals surface area contributed by atoms with Gasteiger partial charge in [-0.15, -0.1) is 0 Å². The number of quaternary nitrogens is 1. The zero-order valence-electron chi connectivity index (χ0n) is 8.99. The molecule has 0 spiro atoms. The van der Waals surface area contributed by atoms with E-state index in [0.717, 1.165) is 6.42 Å². The quantitative estimate of drug-likeness (QED) is 0.440. The average molecular weight is 219 g/mol. The van der Waals surface area contributed by atoms with Crippen molar-refractivity contribution in [2.24, 2.45) is 0 Å². The number of ether oxygens (including phenoxy) is 1. The highest BCUT2D eigenvalue weighted by Gasteiger charge is 2.20. The lowest BCUT2D eigenvalue weighted by Gasteiger charge is -2.23. The van der Waals surface area contributed by atoms with E-state index in [1.54, 1.807) is 0 Å². The second-order valence-electron chi connectivity index (χ2n) is 3.54. The first kappa shape index (κ1) is 16.1. The molecule has 0 radical (unpaired) electrons. The Kier molecular flexibility index (Phi) is 7.19. The topological polar surface area (TPSA) is 36.9 Å². The zero-order valence-corrected chi connectivity index (χ0v) is 8.99. The molecule has 0 heterocycles. The van der Waals surface area contributed by atoms with E-state index in [-0.39, 0.29) is 11.8 Å². The van der Waals surface area contributed by atoms with Gasteiger partial charge in [0.25, 0.3) is 0 Å². The van der Waals surface area contributed by atoms with E-state index in [1.807, 2.05) is 6.92 Å². The summed E-state index contributed by atoms with van der Waals surface area (Å²) in [7, 11) is -6.00. The molecule has 88 valence electrons. The van der Waals surface area contributed by atoms with Gasteiger partial charge in [0.2, 0.25) is 0 Å². The van der Waals surface area contributed by atoms with Gasteiger partial charge in [-0.05, 0) is 20.3 Å². The van der Waals surface area contributed by atoms with Crippen LogP contribution in [0.25, 0.3) is 0 Å². The maximum Gasteiger partial charge on any atom is 0.673 e. The fourth-order valence-electron chi connectivity index (χ4n) is 0.628. The van der Waals surface area contributed by atoms with E-state index in [0.29, 0.717) is 0 Å². The lowest BCUT2D eigenvalue weighted by atomic mass is 10.1. The van der Waals surface area contributed by atoms with Crippen molar-refractivity contribution in [3.05, 3.63) is 0 Å². The van der Waals surface area contributed by atoms with Crippen LogP contribution in [0.5, 0.6) is 0 Å². The Morgan fingerprint density at radius 3 is 1.64 bits per heavy atom. The van der Waals surface area contributed by atoms with Crippen molar-refractivity contribution >= 4 is 7.25 Å². The molecule has 0 aliphatic carbocycles. The summed E-state index contributed by atoms with van der Waals surface area (Å²) in [4.78, 5) is 0. The summed E-state index contributed by atoms with van der Waals surface area (Å²) in [6.45, 7) is 8.23. The van der Waals surface area contributed by atoms with Crippen LogP contribution in [-0.2, 0) is 4.74 Å². The predicted molar refractivity (Wildman–Crippen MR) is 48.0 cm³/mol. The smallest absolute Gasteiger partial charge is 0.418 e. The molecule has 0 aromatic carbocycles. The lowest BCUT2D eigenvalue weighted by molar-refractivity contribution is -0.497. The summed E-state index contributed by atoms with van der Waals surface area (Å²) in [5, 5.41) is 0. The second-order valence-corrected chi connectivity index (χ2v) is 3.54. The molecule has 14 heavy (non-hydrogen) atoms. The van der Waals surface area contributed by atoms with Crippen LogP contribution in [0.2, 0.25) is 0 Å². The predicted octanol–water partition coefficient (Wildman–Crippen LogP) is 2.08. The van der Waals surface area contributed by atoms with Crippen LogP contribution < -0.4 is 5.73 Å². The summed E-state index contributed by atoms with van der Waals surface area (Å²) >= 11 is 0. The molecule has 3 N–H and O–H groups in total. The summed E-state index contributed by atoms with van der Waals surface area (Å²) in [6, 6.07) is 0. The minimum Gasteiger partial charge on any atom is -0.418 e. The molecule has 1 unspecified atom stereocenters. The van der Waals surface area contributed by atoms with E-state index < -0.39 is 7.25 Å². The van der Waals surface area contributed by atoms with E-state index in [4.69, 9.17) is 4.74 Å². The molecule has 0 rings (SSSR count). The summed E-state index contributed by atoms with van der Waals surface area (Å²) in [5.74, 6) is 0.